The lowest BCUT2D eigenvalue weighted by Gasteiger charge is -2.21. The van der Waals surface area contributed by atoms with E-state index in [9.17, 15) is 0 Å². The lowest BCUT2D eigenvalue weighted by atomic mass is 9.78. The number of aromatic nitrogens is 3. The highest BCUT2D eigenvalue weighted by Crippen LogP contribution is 2.42. The quantitative estimate of drug-likeness (QED) is 0.642. The first-order valence-electron chi connectivity index (χ1n) is 9.22. The lowest BCUT2D eigenvalue weighted by molar-refractivity contribution is -0.405. The summed E-state index contributed by atoms with van der Waals surface area (Å²) < 4.78 is 4.18. The van der Waals surface area contributed by atoms with Gasteiger partial charge >= 0.3 is 5.82 Å². The van der Waals surface area contributed by atoms with E-state index in [0.717, 1.165) is 34.0 Å². The zero-order chi connectivity index (χ0) is 19.3. The molecule has 136 valence electrons. The van der Waals surface area contributed by atoms with Gasteiger partial charge in [-0.3, -0.25) is 0 Å². The van der Waals surface area contributed by atoms with Crippen molar-refractivity contribution in [3.63, 3.8) is 0 Å². The molecular weight excluding hydrogens is 332 g/mol. The maximum Gasteiger partial charge on any atom is 0.327 e. The molecule has 4 heteroatoms. The summed E-state index contributed by atoms with van der Waals surface area (Å²) in [4.78, 5) is 4.60. The van der Waals surface area contributed by atoms with Gasteiger partial charge in [-0.05, 0) is 56.9 Å². The molecule has 0 amide bonds. The van der Waals surface area contributed by atoms with E-state index in [1.807, 2.05) is 35.1 Å². The largest absolute Gasteiger partial charge is 0.327 e. The molecule has 0 atom stereocenters. The van der Waals surface area contributed by atoms with Crippen molar-refractivity contribution < 1.29 is 4.58 Å². The number of allylic oxidation sites excluding steroid dienone is 1. The molecular formula is C23H25N4+. The molecule has 3 heterocycles. The number of para-hydroxylation sites is 1. The summed E-state index contributed by atoms with van der Waals surface area (Å²) in [6.45, 7) is 13.2. The van der Waals surface area contributed by atoms with Crippen LogP contribution in [0.15, 0.2) is 55.2 Å². The van der Waals surface area contributed by atoms with Crippen LogP contribution in [0.4, 0.5) is 5.82 Å². The van der Waals surface area contributed by atoms with Crippen molar-refractivity contribution in [2.75, 3.05) is 7.05 Å². The lowest BCUT2D eigenvalue weighted by Crippen LogP contribution is -2.29. The first-order valence-corrected chi connectivity index (χ1v) is 9.22. The van der Waals surface area contributed by atoms with Crippen LogP contribution in [0.2, 0.25) is 0 Å². The molecule has 27 heavy (non-hydrogen) atoms. The third-order valence-electron chi connectivity index (χ3n) is 5.58. The van der Waals surface area contributed by atoms with E-state index in [-0.39, 0.29) is 5.41 Å². The van der Waals surface area contributed by atoms with Crippen molar-refractivity contribution in [3.8, 4) is 5.69 Å². The number of hydrogen-bond acceptors (Lipinski definition) is 2. The molecule has 0 saturated heterocycles. The molecule has 0 saturated carbocycles. The standard InChI is InChI=1S/C23H25N4/c1-15(21-23(4,5)19-13-10-14-24-22(19)26(21)6)20-16(2)25-27(17(20)3)18-11-8-7-9-12-18/h7-14H,1H2,2-6H3/q+1. The number of hydrogen-bond donors (Lipinski definition) is 0. The van der Waals surface area contributed by atoms with Crippen molar-refractivity contribution in [3.05, 3.63) is 77.8 Å². The van der Waals surface area contributed by atoms with Gasteiger partial charge in [-0.1, -0.05) is 24.8 Å². The van der Waals surface area contributed by atoms with E-state index in [1.54, 1.807) is 0 Å². The molecule has 0 N–H and O–H groups in total. The van der Waals surface area contributed by atoms with E-state index >= 15 is 0 Å². The SMILES string of the molecule is C=C(C1=[N+](C)c2ncccc2C1(C)C)c1c(C)nn(-c2ccccc2)c1C. The van der Waals surface area contributed by atoms with Gasteiger partial charge in [0.15, 0.2) is 0 Å². The highest BCUT2D eigenvalue weighted by molar-refractivity contribution is 6.26. The van der Waals surface area contributed by atoms with Gasteiger partial charge in [0, 0.05) is 16.8 Å². The second-order valence-electron chi connectivity index (χ2n) is 7.68. The average Bonchev–Trinajstić information content (AvgIpc) is 3.06. The van der Waals surface area contributed by atoms with E-state index < -0.39 is 0 Å². The van der Waals surface area contributed by atoms with Gasteiger partial charge in [-0.25, -0.2) is 9.26 Å². The molecule has 1 aliphatic heterocycles. The molecule has 0 fully saturated rings. The molecule has 4 nitrogen and oxygen atoms in total. The third kappa shape index (κ3) is 2.47. The van der Waals surface area contributed by atoms with Crippen LogP contribution in [-0.2, 0) is 5.41 Å². The van der Waals surface area contributed by atoms with E-state index in [0.29, 0.717) is 0 Å². The molecule has 3 aromatic rings. The molecule has 2 aromatic heterocycles. The van der Waals surface area contributed by atoms with Crippen LogP contribution in [0.25, 0.3) is 11.3 Å². The second-order valence-corrected chi connectivity index (χ2v) is 7.68. The summed E-state index contributed by atoms with van der Waals surface area (Å²) in [5.74, 6) is 1.00. The number of rotatable bonds is 3. The average molecular weight is 357 g/mol. The van der Waals surface area contributed by atoms with Gasteiger partial charge in [0.05, 0.1) is 29.4 Å². The fourth-order valence-electron chi connectivity index (χ4n) is 4.40. The number of fused-ring (bicyclic) bond motifs is 1. The first kappa shape index (κ1) is 17.4. The van der Waals surface area contributed by atoms with Crippen LogP contribution in [-0.4, -0.2) is 32.1 Å². The summed E-state index contributed by atoms with van der Waals surface area (Å²) in [5, 5.41) is 4.80. The second kappa shape index (κ2) is 6.02. The fourth-order valence-corrected chi connectivity index (χ4v) is 4.40. The monoisotopic (exact) mass is 357 g/mol. The topological polar surface area (TPSA) is 33.7 Å². The van der Waals surface area contributed by atoms with Gasteiger partial charge < -0.3 is 0 Å². The van der Waals surface area contributed by atoms with Crippen LogP contribution < -0.4 is 0 Å². The van der Waals surface area contributed by atoms with Crippen LogP contribution in [0.5, 0.6) is 0 Å². The number of aryl methyl sites for hydroxylation is 1. The van der Waals surface area contributed by atoms with Gasteiger partial charge in [0.1, 0.15) is 11.9 Å². The van der Waals surface area contributed by atoms with Crippen molar-refractivity contribution in [1.82, 2.24) is 14.8 Å². The Morgan fingerprint density at radius 2 is 1.78 bits per heavy atom. The van der Waals surface area contributed by atoms with Crippen molar-refractivity contribution in [2.24, 2.45) is 0 Å². The van der Waals surface area contributed by atoms with Crippen molar-refractivity contribution in [1.29, 1.82) is 0 Å². The predicted molar refractivity (Wildman–Crippen MR) is 110 cm³/mol. The van der Waals surface area contributed by atoms with Gasteiger partial charge in [-0.2, -0.15) is 5.10 Å². The number of nitrogens with zero attached hydrogens (tertiary/aromatic N) is 4. The maximum absolute atomic E-state index is 4.80. The molecule has 0 radical (unpaired) electrons. The Balaban J connectivity index is 1.86. The van der Waals surface area contributed by atoms with Crippen molar-refractivity contribution in [2.45, 2.75) is 33.1 Å². The molecule has 1 aromatic carbocycles. The minimum atomic E-state index is -0.164. The number of pyridine rings is 1. The smallest absolute Gasteiger partial charge is 0.237 e. The third-order valence-corrected chi connectivity index (χ3v) is 5.58. The molecule has 0 spiro atoms. The highest BCUT2D eigenvalue weighted by atomic mass is 15.3. The van der Waals surface area contributed by atoms with E-state index in [1.165, 1.54) is 11.3 Å². The van der Waals surface area contributed by atoms with Gasteiger partial charge in [0.2, 0.25) is 0 Å². The minimum Gasteiger partial charge on any atom is -0.237 e. The Bertz CT molecular complexity index is 1080. The summed E-state index contributed by atoms with van der Waals surface area (Å²) in [6, 6.07) is 14.4. The van der Waals surface area contributed by atoms with Crippen LogP contribution in [0.3, 0.4) is 0 Å². The predicted octanol–water partition coefficient (Wildman–Crippen LogP) is 4.60. The Kier molecular flexibility index (Phi) is 3.88. The van der Waals surface area contributed by atoms with Crippen LogP contribution in [0.1, 0.15) is 36.4 Å². The van der Waals surface area contributed by atoms with Gasteiger partial charge in [-0.15, -0.1) is 0 Å². The summed E-state index contributed by atoms with van der Waals surface area (Å²) in [6.07, 6.45) is 1.85. The Labute approximate surface area is 160 Å². The minimum absolute atomic E-state index is 0.164. The van der Waals surface area contributed by atoms with E-state index in [2.05, 4.69) is 69.1 Å². The van der Waals surface area contributed by atoms with E-state index in [4.69, 9.17) is 5.10 Å². The van der Waals surface area contributed by atoms with Crippen LogP contribution in [0, 0.1) is 13.8 Å². The van der Waals surface area contributed by atoms with Gasteiger partial charge in [0.25, 0.3) is 0 Å². The normalized spacial score (nSPS) is 15.1. The number of benzene rings is 1. The molecule has 1 aliphatic rings. The molecule has 0 unspecified atom stereocenters. The molecule has 0 bridgehead atoms. The summed E-state index contributed by atoms with van der Waals surface area (Å²) >= 11 is 0. The Morgan fingerprint density at radius 3 is 2.44 bits per heavy atom. The summed E-state index contributed by atoms with van der Waals surface area (Å²) in [5.41, 5.74) is 7.52. The zero-order valence-electron chi connectivity index (χ0n) is 16.6. The van der Waals surface area contributed by atoms with Crippen LogP contribution >= 0.6 is 0 Å². The summed E-state index contributed by atoms with van der Waals surface area (Å²) in [7, 11) is 2.08. The van der Waals surface area contributed by atoms with Crippen molar-refractivity contribution >= 4 is 17.1 Å². The molecule has 0 aliphatic carbocycles. The fraction of sp³-hybridized carbons (Fsp3) is 0.261. The molecule has 4 rings (SSSR count). The Morgan fingerprint density at radius 1 is 1.07 bits per heavy atom. The zero-order valence-corrected chi connectivity index (χ0v) is 16.6. The first-order chi connectivity index (χ1) is 12.8. The maximum atomic E-state index is 4.80. The Hall–Kier alpha value is -3.01. The highest BCUT2D eigenvalue weighted by Gasteiger charge is 2.45.